The third-order valence-electron chi connectivity index (χ3n) is 2.28. The van der Waals surface area contributed by atoms with E-state index in [4.69, 9.17) is 4.74 Å². The van der Waals surface area contributed by atoms with Crippen molar-refractivity contribution in [1.82, 2.24) is 10.2 Å². The topological polar surface area (TPSA) is 24.5 Å². The minimum Gasteiger partial charge on any atom is -0.383 e. The highest BCUT2D eigenvalue weighted by Gasteiger charge is 2.06. The average molecular weight is 386 g/mol. The van der Waals surface area contributed by atoms with E-state index in [9.17, 15) is 0 Å². The molecule has 98 valence electrons. The largest absolute Gasteiger partial charge is 0.383 e. The smallest absolute Gasteiger partial charge is 0.0843 e. The normalized spacial score (nSPS) is 11.4. The third-order valence-corrected chi connectivity index (χ3v) is 5.52. The van der Waals surface area contributed by atoms with Gasteiger partial charge in [-0.1, -0.05) is 0 Å². The molecule has 0 saturated carbocycles. The Labute approximate surface area is 124 Å². The number of hydrogen-bond donors (Lipinski definition) is 1. The van der Waals surface area contributed by atoms with E-state index >= 15 is 0 Å². The van der Waals surface area contributed by atoms with Crippen molar-refractivity contribution >= 4 is 43.2 Å². The van der Waals surface area contributed by atoms with Gasteiger partial charge >= 0.3 is 0 Å². The lowest BCUT2D eigenvalue weighted by atomic mass is 10.4. The second-order valence-corrected chi connectivity index (χ2v) is 7.12. The molecule has 6 heteroatoms. The zero-order valence-electron chi connectivity index (χ0n) is 10.1. The number of ether oxygens (including phenoxy) is 1. The number of rotatable bonds is 8. The van der Waals surface area contributed by atoms with Gasteiger partial charge in [0.2, 0.25) is 0 Å². The molecule has 1 aromatic rings. The Morgan fingerprint density at radius 3 is 2.76 bits per heavy atom. The van der Waals surface area contributed by atoms with Gasteiger partial charge in [0.15, 0.2) is 0 Å². The molecular weight excluding hydrogens is 368 g/mol. The molecule has 0 aliphatic carbocycles. The summed E-state index contributed by atoms with van der Waals surface area (Å²) in [6.07, 6.45) is 0. The second-order valence-electron chi connectivity index (χ2n) is 3.81. The molecule has 17 heavy (non-hydrogen) atoms. The van der Waals surface area contributed by atoms with Crippen molar-refractivity contribution in [3.63, 3.8) is 0 Å². The summed E-state index contributed by atoms with van der Waals surface area (Å²) in [4.78, 5) is 3.67. The third kappa shape index (κ3) is 6.31. The molecule has 1 N–H and O–H groups in total. The van der Waals surface area contributed by atoms with Crippen LogP contribution in [-0.2, 0) is 11.3 Å². The van der Waals surface area contributed by atoms with Crippen molar-refractivity contribution in [3.8, 4) is 0 Å². The number of thiophene rings is 1. The molecule has 0 amide bonds. The fraction of sp³-hybridized carbons (Fsp3) is 0.636. The van der Waals surface area contributed by atoms with E-state index in [1.54, 1.807) is 18.4 Å². The molecular formula is C11H18Br2N2OS. The van der Waals surface area contributed by atoms with Crippen LogP contribution in [0.5, 0.6) is 0 Å². The van der Waals surface area contributed by atoms with Gasteiger partial charge in [-0.25, -0.2) is 0 Å². The standard InChI is InChI=1S/C11H18Br2N2OS/c1-15(5-3-14-4-6-16-2)8-9-7-10(12)11(13)17-9/h7,14H,3-6,8H2,1-2H3. The molecule has 3 nitrogen and oxygen atoms in total. The molecule has 0 aromatic carbocycles. The Bertz CT molecular complexity index is 314. The summed E-state index contributed by atoms with van der Waals surface area (Å²) in [5, 5.41) is 3.34. The van der Waals surface area contributed by atoms with Crippen LogP contribution in [0, 0.1) is 0 Å². The van der Waals surface area contributed by atoms with Crippen molar-refractivity contribution in [1.29, 1.82) is 0 Å². The van der Waals surface area contributed by atoms with Gasteiger partial charge in [-0.3, -0.25) is 0 Å². The van der Waals surface area contributed by atoms with E-state index in [1.807, 2.05) is 0 Å². The Balaban J connectivity index is 2.18. The average Bonchev–Trinajstić information content (AvgIpc) is 2.57. The van der Waals surface area contributed by atoms with Crippen molar-refractivity contribution in [2.45, 2.75) is 6.54 Å². The first-order chi connectivity index (χ1) is 8.13. The molecule has 0 bridgehead atoms. The summed E-state index contributed by atoms with van der Waals surface area (Å²) in [5.74, 6) is 0. The zero-order chi connectivity index (χ0) is 12.7. The molecule has 0 spiro atoms. The quantitative estimate of drug-likeness (QED) is 0.696. The minimum absolute atomic E-state index is 0.772. The van der Waals surface area contributed by atoms with Gasteiger partial charge in [-0.2, -0.15) is 0 Å². The van der Waals surface area contributed by atoms with Crippen LogP contribution in [0.4, 0.5) is 0 Å². The molecule has 0 aliphatic rings. The summed E-state index contributed by atoms with van der Waals surface area (Å²) in [6, 6.07) is 2.17. The lowest BCUT2D eigenvalue weighted by Gasteiger charge is -2.15. The first-order valence-electron chi connectivity index (χ1n) is 5.45. The Kier molecular flexibility index (Phi) is 7.90. The zero-order valence-corrected chi connectivity index (χ0v) is 14.1. The summed E-state index contributed by atoms with van der Waals surface area (Å²) in [6.45, 7) is 4.71. The van der Waals surface area contributed by atoms with Gasteiger partial charge in [0.05, 0.1) is 10.4 Å². The molecule has 1 aromatic heterocycles. The number of methoxy groups -OCH3 is 1. The van der Waals surface area contributed by atoms with Crippen molar-refractivity contribution < 1.29 is 4.74 Å². The fourth-order valence-electron chi connectivity index (χ4n) is 1.38. The number of nitrogens with one attached hydrogen (secondary N) is 1. The Morgan fingerprint density at radius 1 is 1.41 bits per heavy atom. The number of hydrogen-bond acceptors (Lipinski definition) is 4. The molecule has 1 heterocycles. The molecule has 0 atom stereocenters. The SMILES string of the molecule is COCCNCCN(C)Cc1cc(Br)c(Br)s1. The van der Waals surface area contributed by atoms with Crippen LogP contribution in [-0.4, -0.2) is 45.3 Å². The van der Waals surface area contributed by atoms with Gasteiger partial charge < -0.3 is 15.0 Å². The van der Waals surface area contributed by atoms with Crippen molar-refractivity contribution in [2.24, 2.45) is 0 Å². The Morgan fingerprint density at radius 2 is 2.18 bits per heavy atom. The monoisotopic (exact) mass is 384 g/mol. The lowest BCUT2D eigenvalue weighted by molar-refractivity contribution is 0.197. The molecule has 1 rings (SSSR count). The highest BCUT2D eigenvalue weighted by atomic mass is 79.9. The first kappa shape index (κ1) is 15.6. The van der Waals surface area contributed by atoms with Crippen molar-refractivity contribution in [2.75, 3.05) is 40.4 Å². The van der Waals surface area contributed by atoms with Crippen LogP contribution in [0.3, 0.4) is 0 Å². The molecule has 0 radical (unpaired) electrons. The van der Waals surface area contributed by atoms with Crippen LogP contribution in [0.25, 0.3) is 0 Å². The van der Waals surface area contributed by atoms with Gasteiger partial charge in [0.1, 0.15) is 0 Å². The summed E-state index contributed by atoms with van der Waals surface area (Å²) in [5.41, 5.74) is 0. The van der Waals surface area contributed by atoms with Gasteiger partial charge in [-0.05, 0) is 45.0 Å². The summed E-state index contributed by atoms with van der Waals surface area (Å²) >= 11 is 8.80. The molecule has 0 unspecified atom stereocenters. The second kappa shape index (κ2) is 8.61. The van der Waals surface area contributed by atoms with E-state index in [1.165, 1.54) is 8.66 Å². The molecule has 0 fully saturated rings. The van der Waals surface area contributed by atoms with Crippen LogP contribution in [0.1, 0.15) is 4.88 Å². The highest BCUT2D eigenvalue weighted by molar-refractivity contribution is 9.13. The predicted molar refractivity (Wildman–Crippen MR) is 80.8 cm³/mol. The van der Waals surface area contributed by atoms with Crippen LogP contribution in [0.15, 0.2) is 14.3 Å². The fourth-order valence-corrected chi connectivity index (χ4v) is 3.64. The van der Waals surface area contributed by atoms with Crippen LogP contribution in [0.2, 0.25) is 0 Å². The number of likely N-dealkylation sites (N-methyl/N-ethyl adjacent to an activating group) is 1. The van der Waals surface area contributed by atoms with Crippen LogP contribution < -0.4 is 5.32 Å². The maximum absolute atomic E-state index is 4.98. The van der Waals surface area contributed by atoms with Crippen LogP contribution >= 0.6 is 43.2 Å². The molecule has 0 saturated heterocycles. The molecule has 0 aliphatic heterocycles. The highest BCUT2D eigenvalue weighted by Crippen LogP contribution is 2.32. The van der Waals surface area contributed by atoms with E-state index in [-0.39, 0.29) is 0 Å². The maximum atomic E-state index is 4.98. The van der Waals surface area contributed by atoms with E-state index in [0.717, 1.165) is 37.3 Å². The predicted octanol–water partition coefficient (Wildman–Crippen LogP) is 2.94. The van der Waals surface area contributed by atoms with Gasteiger partial charge in [-0.15, -0.1) is 11.3 Å². The number of halogens is 2. The van der Waals surface area contributed by atoms with Gasteiger partial charge in [0.25, 0.3) is 0 Å². The minimum atomic E-state index is 0.772. The summed E-state index contributed by atoms with van der Waals surface area (Å²) in [7, 11) is 3.86. The van der Waals surface area contributed by atoms with E-state index in [0.29, 0.717) is 0 Å². The summed E-state index contributed by atoms with van der Waals surface area (Å²) < 4.78 is 7.28. The lowest BCUT2D eigenvalue weighted by Crippen LogP contribution is -2.30. The first-order valence-corrected chi connectivity index (χ1v) is 7.85. The Hall–Kier alpha value is 0.540. The van der Waals surface area contributed by atoms with Gasteiger partial charge in [0, 0.05) is 42.6 Å². The number of nitrogens with zero attached hydrogens (tertiary/aromatic N) is 1. The maximum Gasteiger partial charge on any atom is 0.0843 e. The van der Waals surface area contributed by atoms with Crippen molar-refractivity contribution in [3.05, 3.63) is 19.2 Å². The van der Waals surface area contributed by atoms with E-state index in [2.05, 4.69) is 55.2 Å². The van der Waals surface area contributed by atoms with E-state index < -0.39 is 0 Å².